The number of piperazine rings is 1. The van der Waals surface area contributed by atoms with E-state index in [4.69, 9.17) is 6.42 Å². The maximum Gasteiger partial charge on any atom is 0.273 e. The van der Waals surface area contributed by atoms with Crippen molar-refractivity contribution in [2.45, 2.75) is 90.3 Å². The van der Waals surface area contributed by atoms with Crippen LogP contribution in [0, 0.1) is 40.9 Å². The number of rotatable bonds is 6. The summed E-state index contributed by atoms with van der Waals surface area (Å²) in [5.41, 5.74) is 0.354. The number of terminal acetylenes is 1. The van der Waals surface area contributed by atoms with E-state index < -0.39 is 11.6 Å². The molecule has 2 aliphatic heterocycles. The highest BCUT2D eigenvalue weighted by Crippen LogP contribution is 2.66. The van der Waals surface area contributed by atoms with Gasteiger partial charge in [-0.25, -0.2) is 4.98 Å². The summed E-state index contributed by atoms with van der Waals surface area (Å²) in [7, 11) is 1.96. The normalized spacial score (nSPS) is 34.3. The highest BCUT2D eigenvalue weighted by molar-refractivity contribution is 5.98. The quantitative estimate of drug-likeness (QED) is 0.435. The van der Waals surface area contributed by atoms with Crippen molar-refractivity contribution in [2.24, 2.45) is 28.6 Å². The smallest absolute Gasteiger partial charge is 0.273 e. The van der Waals surface area contributed by atoms with E-state index in [0.717, 1.165) is 55.1 Å². The van der Waals surface area contributed by atoms with Gasteiger partial charge in [-0.1, -0.05) is 51.0 Å². The van der Waals surface area contributed by atoms with E-state index in [-0.39, 0.29) is 34.6 Å². The number of benzene rings is 1. The van der Waals surface area contributed by atoms with Gasteiger partial charge in [-0.3, -0.25) is 14.4 Å². The molecule has 1 saturated heterocycles. The van der Waals surface area contributed by atoms with Crippen molar-refractivity contribution in [3.05, 3.63) is 53.9 Å². The fourth-order valence-corrected chi connectivity index (χ4v) is 11.0. The molecule has 266 valence electrons. The number of carbonyl (C=O) groups is 3. The molecule has 1 aromatic carbocycles. The van der Waals surface area contributed by atoms with Gasteiger partial charge in [0.25, 0.3) is 11.8 Å². The van der Waals surface area contributed by atoms with E-state index in [1.54, 1.807) is 11.0 Å². The lowest BCUT2D eigenvalue weighted by molar-refractivity contribution is -0.147. The first-order valence-electron chi connectivity index (χ1n) is 18.8. The summed E-state index contributed by atoms with van der Waals surface area (Å²) >= 11 is 0. The number of pyridine rings is 1. The van der Waals surface area contributed by atoms with Crippen LogP contribution in [-0.4, -0.2) is 105 Å². The molecule has 4 fully saturated rings. The minimum Gasteiger partial charge on any atom is -0.377 e. The Kier molecular flexibility index (Phi) is 8.78. The highest BCUT2D eigenvalue weighted by atomic mass is 16.3. The van der Waals surface area contributed by atoms with Crippen molar-refractivity contribution in [2.75, 3.05) is 39.8 Å². The van der Waals surface area contributed by atoms with Gasteiger partial charge in [0.1, 0.15) is 17.3 Å². The van der Waals surface area contributed by atoms with Crippen molar-refractivity contribution in [1.82, 2.24) is 24.6 Å². The van der Waals surface area contributed by atoms with E-state index in [1.165, 1.54) is 0 Å². The zero-order chi connectivity index (χ0) is 35.6. The Morgan fingerprint density at radius 2 is 1.76 bits per heavy atom. The second kappa shape index (κ2) is 12.7. The Morgan fingerprint density at radius 3 is 2.48 bits per heavy atom. The van der Waals surface area contributed by atoms with Gasteiger partial charge >= 0.3 is 0 Å². The fourth-order valence-electron chi connectivity index (χ4n) is 11.0. The van der Waals surface area contributed by atoms with Crippen molar-refractivity contribution in [3.63, 3.8) is 0 Å². The lowest BCUT2D eigenvalue weighted by atomic mass is 9.47. The number of hydrogen-bond acceptors (Lipinski definition) is 6. The standard InChI is InChI=1S/C41H53N5O4/c1-7-21-46(37(48)33-15-13-28-11-9-10-12-32(28)42-33)27(3)36(47)45-24-22-44(23-25-45)34-26-39(4)30-17-19-40(5)31(18-20-41(40,50)8-2)29(30)14-16-35(39)43(6)38(34)49/h2,9-13,15,26-27,29-31,35,50H,7,14,16-25H2,1,3-6H3/t27-,29+,30?,31?,35?,39+,40-,41-/m0/s1. The Bertz CT molecular complexity index is 1760. The summed E-state index contributed by atoms with van der Waals surface area (Å²) < 4.78 is 0. The monoisotopic (exact) mass is 679 g/mol. The first-order valence-corrected chi connectivity index (χ1v) is 18.8. The van der Waals surface area contributed by atoms with Crippen molar-refractivity contribution >= 4 is 28.6 Å². The van der Waals surface area contributed by atoms with Gasteiger partial charge in [0, 0.05) is 62.0 Å². The van der Waals surface area contributed by atoms with Gasteiger partial charge in [-0.2, -0.15) is 0 Å². The number of amides is 3. The van der Waals surface area contributed by atoms with Crippen molar-refractivity contribution in [1.29, 1.82) is 0 Å². The molecule has 0 radical (unpaired) electrons. The van der Waals surface area contributed by atoms with Crippen LogP contribution in [0.5, 0.6) is 0 Å². The molecule has 3 unspecified atom stereocenters. The molecule has 1 aromatic heterocycles. The van der Waals surface area contributed by atoms with Crippen LogP contribution < -0.4 is 0 Å². The van der Waals surface area contributed by atoms with Gasteiger partial charge in [0.2, 0.25) is 5.91 Å². The summed E-state index contributed by atoms with van der Waals surface area (Å²) in [4.78, 5) is 53.8. The third kappa shape index (κ3) is 5.23. The first kappa shape index (κ1) is 34.5. The third-order valence-corrected chi connectivity index (χ3v) is 13.9. The maximum atomic E-state index is 13.9. The topological polar surface area (TPSA) is 97.3 Å². The second-order valence-corrected chi connectivity index (χ2v) is 16.2. The molecule has 9 heteroatoms. The summed E-state index contributed by atoms with van der Waals surface area (Å²) in [6.07, 6.45) is 14.5. The molecule has 8 atom stereocenters. The molecular weight excluding hydrogens is 626 g/mol. The number of likely N-dealkylation sites (N-methyl/N-ethyl adjacent to an activating group) is 1. The van der Waals surface area contributed by atoms with Crippen LogP contribution in [0.2, 0.25) is 0 Å². The molecule has 0 spiro atoms. The van der Waals surface area contributed by atoms with Crippen LogP contribution >= 0.6 is 0 Å². The number of hydrogen-bond donors (Lipinski definition) is 1. The Hall–Kier alpha value is -3.90. The molecule has 9 nitrogen and oxygen atoms in total. The van der Waals surface area contributed by atoms with Gasteiger partial charge in [-0.05, 0) is 87.8 Å². The lowest BCUT2D eigenvalue weighted by Crippen LogP contribution is -2.63. The highest BCUT2D eigenvalue weighted by Gasteiger charge is 2.65. The zero-order valence-corrected chi connectivity index (χ0v) is 30.4. The molecule has 3 amide bonds. The Balaban J connectivity index is 1.06. The summed E-state index contributed by atoms with van der Waals surface area (Å²) in [6, 6.07) is 10.9. The van der Waals surface area contributed by atoms with E-state index in [1.807, 2.05) is 61.0 Å². The molecule has 3 aliphatic carbocycles. The number of fused-ring (bicyclic) bond motifs is 6. The van der Waals surface area contributed by atoms with Crippen molar-refractivity contribution < 1.29 is 19.5 Å². The Labute approximate surface area is 297 Å². The average Bonchev–Trinajstić information content (AvgIpc) is 3.41. The molecule has 50 heavy (non-hydrogen) atoms. The van der Waals surface area contributed by atoms with Gasteiger partial charge in [-0.15, -0.1) is 6.42 Å². The fraction of sp³-hybridized carbons (Fsp3) is 0.610. The number of carbonyl (C=O) groups excluding carboxylic acids is 3. The number of nitrogens with zero attached hydrogens (tertiary/aromatic N) is 5. The minimum absolute atomic E-state index is 0.0601. The van der Waals surface area contributed by atoms with Gasteiger partial charge < -0.3 is 24.7 Å². The lowest BCUT2D eigenvalue weighted by Gasteiger charge is -2.61. The molecule has 5 aliphatic rings. The number of aromatic nitrogens is 1. The molecule has 3 saturated carbocycles. The third-order valence-electron chi connectivity index (χ3n) is 13.9. The number of para-hydroxylation sites is 1. The molecule has 1 N–H and O–H groups in total. The van der Waals surface area contributed by atoms with Gasteiger partial charge in [0.15, 0.2) is 0 Å². The van der Waals surface area contributed by atoms with Crippen LogP contribution in [0.25, 0.3) is 10.9 Å². The number of aliphatic hydroxyl groups is 1. The molecule has 2 aromatic rings. The van der Waals surface area contributed by atoms with E-state index in [0.29, 0.717) is 62.6 Å². The minimum atomic E-state index is -1.04. The van der Waals surface area contributed by atoms with E-state index in [2.05, 4.69) is 35.7 Å². The molecule has 3 heterocycles. The van der Waals surface area contributed by atoms with Crippen LogP contribution in [0.3, 0.4) is 0 Å². The van der Waals surface area contributed by atoms with Crippen LogP contribution in [0.15, 0.2) is 48.2 Å². The summed E-state index contributed by atoms with van der Waals surface area (Å²) in [5, 5.41) is 12.4. The second-order valence-electron chi connectivity index (χ2n) is 16.2. The molecule has 0 bridgehead atoms. The van der Waals surface area contributed by atoms with E-state index >= 15 is 0 Å². The average molecular weight is 680 g/mol. The van der Waals surface area contributed by atoms with Crippen LogP contribution in [0.1, 0.15) is 83.1 Å². The predicted molar refractivity (Wildman–Crippen MR) is 193 cm³/mol. The maximum absolute atomic E-state index is 13.9. The molecule has 7 rings (SSSR count). The van der Waals surface area contributed by atoms with E-state index in [9.17, 15) is 19.5 Å². The zero-order valence-electron chi connectivity index (χ0n) is 30.4. The summed E-state index contributed by atoms with van der Waals surface area (Å²) in [6.45, 7) is 10.9. The van der Waals surface area contributed by atoms with Crippen LogP contribution in [-0.2, 0) is 9.59 Å². The summed E-state index contributed by atoms with van der Waals surface area (Å²) in [5.74, 6) is 3.78. The van der Waals surface area contributed by atoms with Crippen molar-refractivity contribution in [3.8, 4) is 12.3 Å². The van der Waals surface area contributed by atoms with Gasteiger partial charge in [0.05, 0.1) is 11.2 Å². The largest absolute Gasteiger partial charge is 0.377 e. The predicted octanol–water partition coefficient (Wildman–Crippen LogP) is 4.95. The first-order chi connectivity index (χ1) is 23.9. The Morgan fingerprint density at radius 1 is 1.04 bits per heavy atom. The SMILES string of the molecule is C#C[C@]1(O)CCC2[C@@H]3CCC4N(C)C(=O)C(N5CCN(C(=O)[C@H](C)N(CCC)C(=O)c6ccc7ccccc7n6)CC5)=C[C@]4(C)C3CC[C@@]21C. The molecular formula is C41H53N5O4. The van der Waals surface area contributed by atoms with Crippen LogP contribution in [0.4, 0.5) is 0 Å².